The van der Waals surface area contributed by atoms with Crippen LogP contribution in [-0.4, -0.2) is 11.1 Å². The maximum atomic E-state index is 13.1. The van der Waals surface area contributed by atoms with E-state index in [1.165, 1.54) is 12.8 Å². The third kappa shape index (κ3) is 2.09. The lowest BCUT2D eigenvalue weighted by Gasteiger charge is -2.27. The van der Waals surface area contributed by atoms with Gasteiger partial charge in [-0.3, -0.25) is 0 Å². The SMILES string of the molecule is Cc1c(C2CCC(F)(F)CC2)noc1C1CC1. The van der Waals surface area contributed by atoms with Gasteiger partial charge in [0, 0.05) is 30.2 Å². The van der Waals surface area contributed by atoms with Gasteiger partial charge in [0.1, 0.15) is 5.76 Å². The topological polar surface area (TPSA) is 26.0 Å². The summed E-state index contributed by atoms with van der Waals surface area (Å²) in [5, 5.41) is 4.13. The fraction of sp³-hybridized carbons (Fsp3) is 0.769. The van der Waals surface area contributed by atoms with Crippen molar-refractivity contribution >= 4 is 0 Å². The van der Waals surface area contributed by atoms with Crippen molar-refractivity contribution in [3.63, 3.8) is 0 Å². The van der Waals surface area contributed by atoms with Crippen LogP contribution in [0.1, 0.15) is 67.4 Å². The monoisotopic (exact) mass is 241 g/mol. The van der Waals surface area contributed by atoms with Gasteiger partial charge in [0.15, 0.2) is 0 Å². The molecule has 1 aromatic heterocycles. The molecule has 2 aliphatic rings. The third-order valence-electron chi connectivity index (χ3n) is 4.05. The smallest absolute Gasteiger partial charge is 0.248 e. The maximum Gasteiger partial charge on any atom is 0.248 e. The molecular formula is C13H17F2NO. The van der Waals surface area contributed by atoms with Crippen LogP contribution in [0.5, 0.6) is 0 Å². The highest BCUT2D eigenvalue weighted by Crippen LogP contribution is 2.46. The zero-order valence-corrected chi connectivity index (χ0v) is 10.0. The fourth-order valence-corrected chi connectivity index (χ4v) is 2.78. The predicted octanol–water partition coefficient (Wildman–Crippen LogP) is 4.15. The van der Waals surface area contributed by atoms with Gasteiger partial charge in [-0.25, -0.2) is 8.78 Å². The van der Waals surface area contributed by atoms with Crippen molar-refractivity contribution in [3.8, 4) is 0 Å². The van der Waals surface area contributed by atoms with Crippen LogP contribution in [0.4, 0.5) is 8.78 Å². The lowest BCUT2D eigenvalue weighted by molar-refractivity contribution is -0.0387. The first-order chi connectivity index (χ1) is 8.07. The van der Waals surface area contributed by atoms with Gasteiger partial charge in [0.25, 0.3) is 0 Å². The maximum absolute atomic E-state index is 13.1. The molecule has 0 bridgehead atoms. The van der Waals surface area contributed by atoms with Crippen LogP contribution in [0.25, 0.3) is 0 Å². The Bertz CT molecular complexity index is 413. The van der Waals surface area contributed by atoms with E-state index in [1.807, 2.05) is 6.92 Å². The van der Waals surface area contributed by atoms with E-state index < -0.39 is 5.92 Å². The van der Waals surface area contributed by atoms with Gasteiger partial charge < -0.3 is 4.52 Å². The zero-order valence-electron chi connectivity index (χ0n) is 10.0. The lowest BCUT2D eigenvalue weighted by atomic mass is 9.83. The summed E-state index contributed by atoms with van der Waals surface area (Å²) in [7, 11) is 0. The summed E-state index contributed by atoms with van der Waals surface area (Å²) in [5.74, 6) is -0.752. The number of alkyl halides is 2. The molecule has 0 spiro atoms. The summed E-state index contributed by atoms with van der Waals surface area (Å²) in [6.07, 6.45) is 3.40. The number of hydrogen-bond donors (Lipinski definition) is 0. The van der Waals surface area contributed by atoms with Crippen molar-refractivity contribution in [2.45, 2.75) is 63.2 Å². The second-order valence-electron chi connectivity index (χ2n) is 5.46. The minimum absolute atomic E-state index is 0.0112. The predicted molar refractivity (Wildman–Crippen MR) is 59.4 cm³/mol. The van der Waals surface area contributed by atoms with Crippen LogP contribution in [0, 0.1) is 6.92 Å². The Balaban J connectivity index is 1.76. The molecule has 4 heteroatoms. The molecule has 2 nitrogen and oxygen atoms in total. The van der Waals surface area contributed by atoms with E-state index in [-0.39, 0.29) is 18.8 Å². The summed E-state index contributed by atoms with van der Waals surface area (Å²) >= 11 is 0. The summed E-state index contributed by atoms with van der Waals surface area (Å²) < 4.78 is 31.6. The Hall–Kier alpha value is -0.930. The number of halogens is 2. The van der Waals surface area contributed by atoms with Gasteiger partial charge in [-0.1, -0.05) is 5.16 Å². The normalized spacial score (nSPS) is 25.1. The summed E-state index contributed by atoms with van der Waals surface area (Å²) in [6.45, 7) is 2.02. The van der Waals surface area contributed by atoms with E-state index in [2.05, 4.69) is 5.16 Å². The highest BCUT2D eigenvalue weighted by Gasteiger charge is 2.38. The molecule has 17 heavy (non-hydrogen) atoms. The van der Waals surface area contributed by atoms with Crippen molar-refractivity contribution in [3.05, 3.63) is 17.0 Å². The van der Waals surface area contributed by atoms with Crippen LogP contribution in [0.2, 0.25) is 0 Å². The van der Waals surface area contributed by atoms with E-state index in [0.29, 0.717) is 18.8 Å². The first kappa shape index (κ1) is 11.2. The molecule has 2 saturated carbocycles. The molecule has 0 aromatic carbocycles. The number of aromatic nitrogens is 1. The van der Waals surface area contributed by atoms with E-state index in [9.17, 15) is 8.78 Å². The molecule has 3 rings (SSSR count). The van der Waals surface area contributed by atoms with Gasteiger partial charge >= 0.3 is 0 Å². The van der Waals surface area contributed by atoms with Crippen LogP contribution < -0.4 is 0 Å². The van der Waals surface area contributed by atoms with Crippen molar-refractivity contribution < 1.29 is 13.3 Å². The van der Waals surface area contributed by atoms with Crippen LogP contribution in [0.3, 0.4) is 0 Å². The minimum Gasteiger partial charge on any atom is -0.361 e. The molecule has 0 saturated heterocycles. The molecule has 0 amide bonds. The van der Waals surface area contributed by atoms with Crippen molar-refractivity contribution in [1.82, 2.24) is 5.16 Å². The van der Waals surface area contributed by atoms with Crippen molar-refractivity contribution in [1.29, 1.82) is 0 Å². The van der Waals surface area contributed by atoms with E-state index in [0.717, 1.165) is 17.0 Å². The van der Waals surface area contributed by atoms with Gasteiger partial charge in [-0.05, 0) is 32.6 Å². The molecule has 1 aromatic rings. The quantitative estimate of drug-likeness (QED) is 0.777. The van der Waals surface area contributed by atoms with Crippen LogP contribution in [-0.2, 0) is 0 Å². The fourth-order valence-electron chi connectivity index (χ4n) is 2.78. The number of rotatable bonds is 2. The van der Waals surface area contributed by atoms with Crippen LogP contribution in [0.15, 0.2) is 4.52 Å². The summed E-state index contributed by atoms with van der Waals surface area (Å²) in [6, 6.07) is 0. The Morgan fingerprint density at radius 1 is 1.12 bits per heavy atom. The first-order valence-corrected chi connectivity index (χ1v) is 6.41. The highest BCUT2D eigenvalue weighted by molar-refractivity contribution is 5.29. The molecule has 0 aliphatic heterocycles. The molecule has 0 radical (unpaired) electrons. The molecule has 0 unspecified atom stereocenters. The molecule has 2 fully saturated rings. The summed E-state index contributed by atoms with van der Waals surface area (Å²) in [5.41, 5.74) is 2.05. The molecule has 0 N–H and O–H groups in total. The van der Waals surface area contributed by atoms with E-state index >= 15 is 0 Å². The van der Waals surface area contributed by atoms with Gasteiger partial charge in [-0.15, -0.1) is 0 Å². The van der Waals surface area contributed by atoms with E-state index in [4.69, 9.17) is 4.52 Å². The molecule has 1 heterocycles. The third-order valence-corrected chi connectivity index (χ3v) is 4.05. The van der Waals surface area contributed by atoms with Gasteiger partial charge in [-0.2, -0.15) is 0 Å². The molecule has 94 valence electrons. The Morgan fingerprint density at radius 3 is 2.35 bits per heavy atom. The Labute approximate surface area is 99.4 Å². The largest absolute Gasteiger partial charge is 0.361 e. The van der Waals surface area contributed by atoms with Crippen molar-refractivity contribution in [2.75, 3.05) is 0 Å². The highest BCUT2D eigenvalue weighted by atomic mass is 19.3. The van der Waals surface area contributed by atoms with Gasteiger partial charge in [0.2, 0.25) is 5.92 Å². The Morgan fingerprint density at radius 2 is 1.76 bits per heavy atom. The van der Waals surface area contributed by atoms with E-state index in [1.54, 1.807) is 0 Å². The molecule has 0 atom stereocenters. The molecule has 2 aliphatic carbocycles. The van der Waals surface area contributed by atoms with Crippen molar-refractivity contribution in [2.24, 2.45) is 0 Å². The average Bonchev–Trinajstić information content (AvgIpc) is 3.04. The number of nitrogens with zero attached hydrogens (tertiary/aromatic N) is 1. The average molecular weight is 241 g/mol. The standard InChI is InChI=1S/C13H17F2NO/c1-8-11(16-17-12(8)10-2-3-10)9-4-6-13(14,15)7-5-9/h9-10H,2-7H2,1H3. The lowest BCUT2D eigenvalue weighted by Crippen LogP contribution is -2.24. The molecular weight excluding hydrogens is 224 g/mol. The minimum atomic E-state index is -2.46. The van der Waals surface area contributed by atoms with Gasteiger partial charge in [0.05, 0.1) is 5.69 Å². The second-order valence-corrected chi connectivity index (χ2v) is 5.46. The zero-order chi connectivity index (χ0) is 12.0. The summed E-state index contributed by atoms with van der Waals surface area (Å²) in [4.78, 5) is 0. The number of hydrogen-bond acceptors (Lipinski definition) is 2. The Kier molecular flexibility index (Phi) is 2.49. The van der Waals surface area contributed by atoms with Crippen LogP contribution >= 0.6 is 0 Å². The first-order valence-electron chi connectivity index (χ1n) is 6.41. The second kappa shape index (κ2) is 3.79.